The topological polar surface area (TPSA) is 59.1 Å². The molecule has 0 aliphatic heterocycles. The first-order valence-electron chi connectivity index (χ1n) is 3.21. The average molecular weight is 254 g/mol. The molecule has 0 bridgehead atoms. The van der Waals surface area contributed by atoms with E-state index in [0.29, 0.717) is 0 Å². The number of halogens is 2. The Hall–Kier alpha value is -0.160. The summed E-state index contributed by atoms with van der Waals surface area (Å²) in [6, 6.07) is 1.51. The molecular weight excluding hydrogens is 243 g/mol. The second kappa shape index (κ2) is 5.48. The summed E-state index contributed by atoms with van der Waals surface area (Å²) in [6.07, 6.45) is 3.32. The van der Waals surface area contributed by atoms with E-state index in [1.165, 1.54) is 0 Å². The Kier molecular flexibility index (Phi) is 5.41. The molecule has 0 saturated heterocycles. The molecule has 68 valence electrons. The van der Waals surface area contributed by atoms with Gasteiger partial charge in [-0.2, -0.15) is 0 Å². The Balaban J connectivity index is 0.00000121. The van der Waals surface area contributed by atoms with Gasteiger partial charge in [-0.1, -0.05) is 0 Å². The molecule has 0 aliphatic carbocycles. The number of aliphatic hydroxyl groups excluding tert-OH is 1. The van der Waals surface area contributed by atoms with Gasteiger partial charge in [-0.25, -0.2) is 0 Å². The summed E-state index contributed by atoms with van der Waals surface area (Å²) in [6.45, 7) is -0.0574. The molecular formula is C7H10BrClN2O. The van der Waals surface area contributed by atoms with Crippen LogP contribution in [-0.2, 0) is 0 Å². The monoisotopic (exact) mass is 252 g/mol. The first-order chi connectivity index (χ1) is 5.24. The molecule has 1 atom stereocenters. The minimum atomic E-state index is -0.333. The molecule has 5 heteroatoms. The van der Waals surface area contributed by atoms with Crippen LogP contribution in [0.1, 0.15) is 11.6 Å². The molecule has 12 heavy (non-hydrogen) atoms. The van der Waals surface area contributed by atoms with Gasteiger partial charge in [-0.05, 0) is 27.6 Å². The fourth-order valence-corrected chi connectivity index (χ4v) is 1.12. The first-order valence-corrected chi connectivity index (χ1v) is 4.00. The summed E-state index contributed by atoms with van der Waals surface area (Å²) >= 11 is 3.26. The minimum Gasteiger partial charge on any atom is -0.394 e. The van der Waals surface area contributed by atoms with Crippen molar-refractivity contribution >= 4 is 28.3 Å². The highest BCUT2D eigenvalue weighted by molar-refractivity contribution is 9.10. The van der Waals surface area contributed by atoms with Gasteiger partial charge in [0.25, 0.3) is 0 Å². The van der Waals surface area contributed by atoms with Crippen LogP contribution in [0, 0.1) is 0 Å². The predicted octanol–water partition coefficient (Wildman–Crippen LogP) is 1.26. The molecule has 0 fully saturated rings. The molecule has 0 aliphatic rings. The predicted molar refractivity (Wildman–Crippen MR) is 53.2 cm³/mol. The third-order valence-corrected chi connectivity index (χ3v) is 1.78. The summed E-state index contributed by atoms with van der Waals surface area (Å²) in [5, 5.41) is 8.71. The van der Waals surface area contributed by atoms with E-state index in [1.54, 1.807) is 12.4 Å². The van der Waals surface area contributed by atoms with Crippen molar-refractivity contribution in [2.75, 3.05) is 6.61 Å². The number of hydrogen-bond acceptors (Lipinski definition) is 3. The summed E-state index contributed by atoms with van der Waals surface area (Å²) in [5.74, 6) is 0. The second-order valence-corrected chi connectivity index (χ2v) is 3.14. The standard InChI is InChI=1S/C7H9BrN2O.ClH/c8-6-1-5(2-10-3-6)7(9)4-11;/h1-3,7,11H,4,9H2;1H/t7-;/m1./s1. The Morgan fingerprint density at radius 2 is 2.25 bits per heavy atom. The number of nitrogens with two attached hydrogens (primary N) is 1. The lowest BCUT2D eigenvalue weighted by Crippen LogP contribution is -2.14. The van der Waals surface area contributed by atoms with E-state index in [-0.39, 0.29) is 25.1 Å². The fourth-order valence-electron chi connectivity index (χ4n) is 0.736. The van der Waals surface area contributed by atoms with Gasteiger partial charge in [0.15, 0.2) is 0 Å². The van der Waals surface area contributed by atoms with Crippen LogP contribution < -0.4 is 5.73 Å². The summed E-state index contributed by atoms with van der Waals surface area (Å²) in [4.78, 5) is 3.92. The van der Waals surface area contributed by atoms with Crippen molar-refractivity contribution in [3.05, 3.63) is 28.5 Å². The van der Waals surface area contributed by atoms with Crippen molar-refractivity contribution < 1.29 is 5.11 Å². The van der Waals surface area contributed by atoms with Crippen LogP contribution in [0.15, 0.2) is 22.9 Å². The Morgan fingerprint density at radius 3 is 2.75 bits per heavy atom. The summed E-state index contributed by atoms with van der Waals surface area (Å²) in [7, 11) is 0. The first kappa shape index (κ1) is 11.8. The molecule has 0 unspecified atom stereocenters. The van der Waals surface area contributed by atoms with Gasteiger partial charge in [0, 0.05) is 16.9 Å². The quantitative estimate of drug-likeness (QED) is 0.834. The van der Waals surface area contributed by atoms with E-state index < -0.39 is 0 Å². The van der Waals surface area contributed by atoms with Crippen LogP contribution in [0.25, 0.3) is 0 Å². The lowest BCUT2D eigenvalue weighted by molar-refractivity contribution is 0.268. The lowest BCUT2D eigenvalue weighted by Gasteiger charge is -2.06. The largest absolute Gasteiger partial charge is 0.394 e. The van der Waals surface area contributed by atoms with Crippen molar-refractivity contribution in [3.63, 3.8) is 0 Å². The van der Waals surface area contributed by atoms with Gasteiger partial charge in [-0.15, -0.1) is 12.4 Å². The zero-order valence-electron chi connectivity index (χ0n) is 6.27. The minimum absolute atomic E-state index is 0. The molecule has 0 amide bonds. The Bertz CT molecular complexity index is 247. The van der Waals surface area contributed by atoms with E-state index in [2.05, 4.69) is 20.9 Å². The average Bonchev–Trinajstić information content (AvgIpc) is 2.03. The summed E-state index contributed by atoms with van der Waals surface area (Å²) < 4.78 is 0.874. The maximum atomic E-state index is 8.71. The highest BCUT2D eigenvalue weighted by atomic mass is 79.9. The van der Waals surface area contributed by atoms with Crippen LogP contribution in [-0.4, -0.2) is 16.7 Å². The number of aliphatic hydroxyl groups is 1. The van der Waals surface area contributed by atoms with Gasteiger partial charge in [0.05, 0.1) is 12.6 Å². The van der Waals surface area contributed by atoms with Crippen LogP contribution in [0.4, 0.5) is 0 Å². The number of pyridine rings is 1. The van der Waals surface area contributed by atoms with E-state index in [1.807, 2.05) is 6.07 Å². The van der Waals surface area contributed by atoms with Crippen LogP contribution in [0.2, 0.25) is 0 Å². The molecule has 0 saturated carbocycles. The maximum absolute atomic E-state index is 8.71. The highest BCUT2D eigenvalue weighted by Gasteiger charge is 2.03. The normalized spacial score (nSPS) is 11.9. The van der Waals surface area contributed by atoms with Gasteiger partial charge in [-0.3, -0.25) is 4.98 Å². The van der Waals surface area contributed by atoms with Gasteiger partial charge >= 0.3 is 0 Å². The van der Waals surface area contributed by atoms with Crippen molar-refractivity contribution in [1.82, 2.24) is 4.98 Å². The zero-order chi connectivity index (χ0) is 8.27. The van der Waals surface area contributed by atoms with Crippen LogP contribution >= 0.6 is 28.3 Å². The number of nitrogens with zero attached hydrogens (tertiary/aromatic N) is 1. The van der Waals surface area contributed by atoms with Crippen LogP contribution in [0.3, 0.4) is 0 Å². The van der Waals surface area contributed by atoms with E-state index in [4.69, 9.17) is 10.8 Å². The smallest absolute Gasteiger partial charge is 0.0624 e. The molecule has 3 nitrogen and oxygen atoms in total. The lowest BCUT2D eigenvalue weighted by atomic mass is 10.1. The third-order valence-electron chi connectivity index (χ3n) is 1.35. The molecule has 0 aromatic carbocycles. The van der Waals surface area contributed by atoms with Crippen molar-refractivity contribution in [2.24, 2.45) is 5.73 Å². The van der Waals surface area contributed by atoms with Gasteiger partial charge in [0.2, 0.25) is 0 Å². The SMILES string of the molecule is Cl.N[C@H](CO)c1cncc(Br)c1. The molecule has 1 aromatic rings. The van der Waals surface area contributed by atoms with Crippen molar-refractivity contribution in [3.8, 4) is 0 Å². The molecule has 1 rings (SSSR count). The molecule has 1 heterocycles. The fraction of sp³-hybridized carbons (Fsp3) is 0.286. The molecule has 3 N–H and O–H groups in total. The van der Waals surface area contributed by atoms with Crippen molar-refractivity contribution in [1.29, 1.82) is 0 Å². The second-order valence-electron chi connectivity index (χ2n) is 2.23. The molecule has 0 radical (unpaired) electrons. The van der Waals surface area contributed by atoms with Crippen LogP contribution in [0.5, 0.6) is 0 Å². The Morgan fingerprint density at radius 1 is 1.58 bits per heavy atom. The summed E-state index contributed by atoms with van der Waals surface area (Å²) in [5.41, 5.74) is 6.39. The van der Waals surface area contributed by atoms with Crippen molar-refractivity contribution in [2.45, 2.75) is 6.04 Å². The van der Waals surface area contributed by atoms with E-state index in [0.717, 1.165) is 10.0 Å². The number of rotatable bonds is 2. The zero-order valence-corrected chi connectivity index (χ0v) is 8.68. The number of aromatic nitrogens is 1. The maximum Gasteiger partial charge on any atom is 0.0624 e. The molecule has 1 aromatic heterocycles. The number of hydrogen-bond donors (Lipinski definition) is 2. The molecule has 0 spiro atoms. The highest BCUT2D eigenvalue weighted by Crippen LogP contribution is 2.13. The van der Waals surface area contributed by atoms with Gasteiger partial charge in [0.1, 0.15) is 0 Å². The third kappa shape index (κ3) is 3.06. The van der Waals surface area contributed by atoms with E-state index >= 15 is 0 Å². The van der Waals surface area contributed by atoms with E-state index in [9.17, 15) is 0 Å². The Labute approximate surface area is 85.5 Å². The van der Waals surface area contributed by atoms with Gasteiger partial charge < -0.3 is 10.8 Å².